The second-order valence-corrected chi connectivity index (χ2v) is 11.1. The molecular formula is C26H40O4. The molecule has 3 rings (SSSR count). The Labute approximate surface area is 182 Å². The van der Waals surface area contributed by atoms with Crippen LogP contribution in [-0.4, -0.2) is 18.0 Å². The molecule has 0 saturated heterocycles. The van der Waals surface area contributed by atoms with Crippen molar-refractivity contribution in [1.82, 2.24) is 0 Å². The molecule has 0 N–H and O–H groups in total. The Morgan fingerprint density at radius 1 is 1.10 bits per heavy atom. The van der Waals surface area contributed by atoms with E-state index >= 15 is 0 Å². The first kappa shape index (κ1) is 23.1. The normalized spacial score (nSPS) is 35.7. The van der Waals surface area contributed by atoms with Gasteiger partial charge in [0.05, 0.1) is 0 Å². The minimum absolute atomic E-state index is 0.0175. The van der Waals surface area contributed by atoms with Crippen LogP contribution < -0.4 is 0 Å². The first-order valence-corrected chi connectivity index (χ1v) is 11.8. The summed E-state index contributed by atoms with van der Waals surface area (Å²) in [6.45, 7) is 14.7. The number of hydrogen-bond donors (Lipinski definition) is 0. The minimum Gasteiger partial charge on any atom is -0.461 e. The quantitative estimate of drug-likeness (QED) is 0.511. The first-order valence-electron chi connectivity index (χ1n) is 11.8. The number of allylic oxidation sites excluding steroid dienone is 3. The fourth-order valence-electron chi connectivity index (χ4n) is 6.33. The molecule has 0 unspecified atom stereocenters. The second-order valence-electron chi connectivity index (χ2n) is 11.1. The van der Waals surface area contributed by atoms with Gasteiger partial charge in [-0.05, 0) is 54.9 Å². The topological polar surface area (TPSA) is 52.6 Å². The van der Waals surface area contributed by atoms with Gasteiger partial charge in [0.25, 0.3) is 0 Å². The van der Waals surface area contributed by atoms with E-state index in [-0.39, 0.29) is 28.9 Å². The molecule has 0 spiro atoms. The maximum absolute atomic E-state index is 13.7. The summed E-state index contributed by atoms with van der Waals surface area (Å²) in [6, 6.07) is 0. The van der Waals surface area contributed by atoms with Crippen LogP contribution in [0, 0.1) is 34.5 Å². The molecule has 168 valence electrons. The van der Waals surface area contributed by atoms with E-state index in [2.05, 4.69) is 47.6 Å². The zero-order valence-electron chi connectivity index (χ0n) is 19.9. The molecule has 0 amide bonds. The number of ether oxygens (including phenoxy) is 2. The van der Waals surface area contributed by atoms with Gasteiger partial charge in [-0.1, -0.05) is 66.0 Å². The van der Waals surface area contributed by atoms with E-state index in [0.717, 1.165) is 32.1 Å². The van der Waals surface area contributed by atoms with E-state index in [0.29, 0.717) is 23.5 Å². The molecule has 3 aliphatic carbocycles. The van der Waals surface area contributed by atoms with Crippen LogP contribution in [0.3, 0.4) is 0 Å². The fraction of sp³-hybridized carbons (Fsp3) is 0.769. The molecule has 0 heterocycles. The molecule has 4 heteroatoms. The largest absolute Gasteiger partial charge is 0.461 e. The first-order chi connectivity index (χ1) is 14.0. The van der Waals surface area contributed by atoms with Gasteiger partial charge in [-0.3, -0.25) is 9.59 Å². The summed E-state index contributed by atoms with van der Waals surface area (Å²) in [5.41, 5.74) is 0.909. The second kappa shape index (κ2) is 8.51. The highest BCUT2D eigenvalue weighted by molar-refractivity contribution is 5.80. The monoisotopic (exact) mass is 416 g/mol. The Hall–Kier alpha value is -1.58. The highest BCUT2D eigenvalue weighted by Gasteiger charge is 2.53. The third kappa shape index (κ3) is 4.38. The van der Waals surface area contributed by atoms with Crippen LogP contribution in [0.5, 0.6) is 0 Å². The summed E-state index contributed by atoms with van der Waals surface area (Å²) in [5, 5.41) is 0. The summed E-state index contributed by atoms with van der Waals surface area (Å²) in [6.07, 6.45) is 10.1. The molecule has 0 bridgehead atoms. The average Bonchev–Trinajstić information content (AvgIpc) is 2.59. The third-order valence-electron chi connectivity index (χ3n) is 7.90. The van der Waals surface area contributed by atoms with Gasteiger partial charge in [0.2, 0.25) is 0 Å². The van der Waals surface area contributed by atoms with Gasteiger partial charge in [-0.25, -0.2) is 0 Å². The number of esters is 2. The van der Waals surface area contributed by atoms with Gasteiger partial charge in [-0.15, -0.1) is 0 Å². The van der Waals surface area contributed by atoms with Crippen LogP contribution >= 0.6 is 0 Å². The van der Waals surface area contributed by atoms with E-state index in [1.807, 2.05) is 6.08 Å². The lowest BCUT2D eigenvalue weighted by molar-refractivity contribution is -0.166. The molecule has 0 aliphatic heterocycles. The van der Waals surface area contributed by atoms with Crippen molar-refractivity contribution in [2.45, 2.75) is 93.1 Å². The SMILES string of the molecule is CC(=O)OC1=CC=C2C(C)(C)CCC[C@@]2(C)[C@H]1C(=O)O[C@@H]1C[C@H](C)CC[C@H]1C(C)C. The van der Waals surface area contributed by atoms with Crippen LogP contribution in [0.15, 0.2) is 23.5 Å². The van der Waals surface area contributed by atoms with E-state index in [9.17, 15) is 9.59 Å². The molecule has 30 heavy (non-hydrogen) atoms. The van der Waals surface area contributed by atoms with Crippen molar-refractivity contribution in [3.63, 3.8) is 0 Å². The lowest BCUT2D eigenvalue weighted by atomic mass is 9.54. The van der Waals surface area contributed by atoms with Crippen LogP contribution in [0.4, 0.5) is 0 Å². The molecule has 3 aliphatic rings. The van der Waals surface area contributed by atoms with Crippen LogP contribution in [0.2, 0.25) is 0 Å². The predicted molar refractivity (Wildman–Crippen MR) is 118 cm³/mol. The number of hydrogen-bond acceptors (Lipinski definition) is 4. The summed E-state index contributed by atoms with van der Waals surface area (Å²) in [5.74, 6) is 0.698. The van der Waals surface area contributed by atoms with E-state index in [1.54, 1.807) is 0 Å². The molecule has 4 nitrogen and oxygen atoms in total. The Kier molecular flexibility index (Phi) is 6.55. The van der Waals surface area contributed by atoms with Crippen molar-refractivity contribution in [2.24, 2.45) is 34.5 Å². The van der Waals surface area contributed by atoms with Gasteiger partial charge in [0, 0.05) is 12.3 Å². The molecular weight excluding hydrogens is 376 g/mol. The number of rotatable bonds is 4. The zero-order chi connectivity index (χ0) is 22.3. The van der Waals surface area contributed by atoms with E-state index in [1.165, 1.54) is 18.9 Å². The maximum atomic E-state index is 13.7. The van der Waals surface area contributed by atoms with Gasteiger partial charge in [0.1, 0.15) is 17.8 Å². The third-order valence-corrected chi connectivity index (χ3v) is 7.90. The number of fused-ring (bicyclic) bond motifs is 1. The molecule has 2 saturated carbocycles. The number of carbonyl (C=O) groups is 2. The van der Waals surface area contributed by atoms with Gasteiger partial charge >= 0.3 is 11.9 Å². The molecule has 0 aromatic rings. The lowest BCUT2D eigenvalue weighted by Crippen LogP contribution is -2.47. The van der Waals surface area contributed by atoms with Crippen LogP contribution in [0.1, 0.15) is 87.0 Å². The van der Waals surface area contributed by atoms with Crippen molar-refractivity contribution in [3.05, 3.63) is 23.5 Å². The average molecular weight is 417 g/mol. The summed E-state index contributed by atoms with van der Waals surface area (Å²) >= 11 is 0. The minimum atomic E-state index is -0.564. The highest BCUT2D eigenvalue weighted by Crippen LogP contribution is 2.58. The summed E-state index contributed by atoms with van der Waals surface area (Å²) in [4.78, 5) is 25.5. The molecule has 0 radical (unpaired) electrons. The number of carbonyl (C=O) groups excluding carboxylic acids is 2. The predicted octanol–water partition coefficient (Wildman–Crippen LogP) is 6.21. The van der Waals surface area contributed by atoms with E-state index in [4.69, 9.17) is 9.47 Å². The molecule has 0 aromatic carbocycles. The Morgan fingerprint density at radius 2 is 1.80 bits per heavy atom. The smallest absolute Gasteiger partial charge is 0.317 e. The van der Waals surface area contributed by atoms with Gasteiger partial charge in [-0.2, -0.15) is 0 Å². The van der Waals surface area contributed by atoms with E-state index < -0.39 is 5.92 Å². The maximum Gasteiger partial charge on any atom is 0.317 e. The Balaban J connectivity index is 1.93. The van der Waals surface area contributed by atoms with Gasteiger partial charge < -0.3 is 9.47 Å². The standard InChI is InChI=1S/C26H40O4/c1-16(2)19-10-9-17(3)15-21(19)30-24(28)23-20(29-18(4)27)11-12-22-25(5,6)13-8-14-26(22,23)7/h11-12,16-17,19,21,23H,8-10,13-15H2,1-7H3/t17-,19+,21-,23-,26-/m1/s1. The Bertz CT molecular complexity index is 744. The highest BCUT2D eigenvalue weighted by atomic mass is 16.6. The van der Waals surface area contributed by atoms with Crippen molar-refractivity contribution in [1.29, 1.82) is 0 Å². The van der Waals surface area contributed by atoms with Crippen molar-refractivity contribution in [3.8, 4) is 0 Å². The summed E-state index contributed by atoms with van der Waals surface area (Å²) < 4.78 is 11.8. The molecule has 2 fully saturated rings. The van der Waals surface area contributed by atoms with Crippen LogP contribution in [0.25, 0.3) is 0 Å². The zero-order valence-corrected chi connectivity index (χ0v) is 19.9. The molecule has 0 aromatic heterocycles. The summed E-state index contributed by atoms with van der Waals surface area (Å²) in [7, 11) is 0. The molecule has 5 atom stereocenters. The lowest BCUT2D eigenvalue weighted by Gasteiger charge is -2.51. The van der Waals surface area contributed by atoms with Crippen molar-refractivity contribution < 1.29 is 19.1 Å². The van der Waals surface area contributed by atoms with Gasteiger partial charge in [0.15, 0.2) is 0 Å². The fourth-order valence-corrected chi connectivity index (χ4v) is 6.33. The van der Waals surface area contributed by atoms with Crippen LogP contribution in [-0.2, 0) is 19.1 Å². The van der Waals surface area contributed by atoms with Crippen molar-refractivity contribution in [2.75, 3.05) is 0 Å². The Morgan fingerprint density at radius 3 is 2.43 bits per heavy atom. The van der Waals surface area contributed by atoms with Crippen molar-refractivity contribution >= 4 is 11.9 Å².